The molecule has 0 aromatic heterocycles. The van der Waals surface area contributed by atoms with Crippen LogP contribution in [0.1, 0.15) is 57.4 Å². The van der Waals surface area contributed by atoms with Crippen molar-refractivity contribution in [3.8, 4) is 0 Å². The van der Waals surface area contributed by atoms with Gasteiger partial charge in [0.05, 0.1) is 0 Å². The first-order chi connectivity index (χ1) is 7.36. The summed E-state index contributed by atoms with van der Waals surface area (Å²) in [6, 6.07) is 8.35. The summed E-state index contributed by atoms with van der Waals surface area (Å²) in [6.07, 6.45) is 6.88. The van der Waals surface area contributed by atoms with Gasteiger partial charge < -0.3 is 0 Å². The molecule has 1 aliphatic carbocycles. The number of rotatable bonds is 1. The number of benzene rings is 1. The standard InChI is InChI=1S/C12H15Cl.C2H6/c13-12-8-4-7-11(9-12)10-5-2-1-3-6-10;1-2/h4,7-10H,1-3,5-6H2;1-2H3. The fraction of sp³-hybridized carbons (Fsp3) is 0.571. The van der Waals surface area contributed by atoms with Crippen LogP contribution in [0.15, 0.2) is 24.3 Å². The van der Waals surface area contributed by atoms with Gasteiger partial charge in [0.15, 0.2) is 0 Å². The lowest BCUT2D eigenvalue weighted by Crippen LogP contribution is -2.03. The zero-order valence-electron chi connectivity index (χ0n) is 9.80. The number of halogens is 1. The first-order valence-electron chi connectivity index (χ1n) is 6.12. The summed E-state index contributed by atoms with van der Waals surface area (Å²) in [5, 5.41) is 0.878. The van der Waals surface area contributed by atoms with Crippen LogP contribution in [0.4, 0.5) is 0 Å². The van der Waals surface area contributed by atoms with Gasteiger partial charge in [-0.05, 0) is 36.5 Å². The number of hydrogen-bond donors (Lipinski definition) is 0. The van der Waals surface area contributed by atoms with Gasteiger partial charge in [-0.2, -0.15) is 0 Å². The van der Waals surface area contributed by atoms with Gasteiger partial charge in [0.2, 0.25) is 0 Å². The van der Waals surface area contributed by atoms with Gasteiger partial charge in [0, 0.05) is 5.02 Å². The SMILES string of the molecule is CC.Clc1cccc(C2CCCCC2)c1. The molecule has 0 saturated heterocycles. The van der Waals surface area contributed by atoms with Crippen molar-refractivity contribution in [1.82, 2.24) is 0 Å². The highest BCUT2D eigenvalue weighted by Gasteiger charge is 2.14. The Kier molecular flexibility index (Phi) is 5.78. The van der Waals surface area contributed by atoms with Gasteiger partial charge >= 0.3 is 0 Å². The molecule has 0 unspecified atom stereocenters. The van der Waals surface area contributed by atoms with E-state index in [0.717, 1.165) is 10.9 Å². The highest BCUT2D eigenvalue weighted by molar-refractivity contribution is 6.30. The van der Waals surface area contributed by atoms with Crippen molar-refractivity contribution in [3.05, 3.63) is 34.9 Å². The predicted octanol–water partition coefficient (Wildman–Crippen LogP) is 5.41. The molecule has 0 heterocycles. The average Bonchev–Trinajstić information content (AvgIpc) is 2.33. The van der Waals surface area contributed by atoms with E-state index in [-0.39, 0.29) is 0 Å². The first kappa shape index (κ1) is 12.6. The second-order valence-electron chi connectivity index (χ2n) is 3.89. The summed E-state index contributed by atoms with van der Waals surface area (Å²) >= 11 is 5.96. The van der Waals surface area contributed by atoms with E-state index in [1.54, 1.807) is 0 Å². The summed E-state index contributed by atoms with van der Waals surface area (Å²) in [4.78, 5) is 0. The maximum absolute atomic E-state index is 5.96. The molecule has 2 rings (SSSR count). The van der Waals surface area contributed by atoms with E-state index >= 15 is 0 Å². The lowest BCUT2D eigenvalue weighted by Gasteiger charge is -2.21. The third-order valence-corrected chi connectivity index (χ3v) is 3.16. The van der Waals surface area contributed by atoms with Crippen molar-refractivity contribution in [2.45, 2.75) is 51.9 Å². The molecule has 1 aromatic rings. The minimum atomic E-state index is 0.771. The van der Waals surface area contributed by atoms with Gasteiger partial charge in [-0.3, -0.25) is 0 Å². The van der Waals surface area contributed by atoms with Crippen LogP contribution in [0, 0.1) is 0 Å². The molecule has 84 valence electrons. The van der Waals surface area contributed by atoms with Crippen LogP contribution in [0.2, 0.25) is 5.02 Å². The Balaban J connectivity index is 0.000000531. The third-order valence-electron chi connectivity index (χ3n) is 2.93. The van der Waals surface area contributed by atoms with Gasteiger partial charge in [0.25, 0.3) is 0 Å². The van der Waals surface area contributed by atoms with Crippen molar-refractivity contribution >= 4 is 11.6 Å². The summed E-state index contributed by atoms with van der Waals surface area (Å²) in [6.45, 7) is 4.00. The summed E-state index contributed by atoms with van der Waals surface area (Å²) in [5.41, 5.74) is 1.44. The van der Waals surface area contributed by atoms with E-state index in [1.807, 2.05) is 19.9 Å². The largest absolute Gasteiger partial charge is 0.0843 e. The Labute approximate surface area is 98.7 Å². The minimum absolute atomic E-state index is 0.771. The molecule has 1 fully saturated rings. The van der Waals surface area contributed by atoms with Crippen LogP contribution in [-0.4, -0.2) is 0 Å². The van der Waals surface area contributed by atoms with Crippen LogP contribution in [-0.2, 0) is 0 Å². The smallest absolute Gasteiger partial charge is 0.0408 e. The molecular formula is C14H21Cl. The Bertz CT molecular complexity index is 274. The molecule has 1 heteroatoms. The normalized spacial score (nSPS) is 16.7. The molecule has 1 saturated carbocycles. The second-order valence-corrected chi connectivity index (χ2v) is 4.33. The van der Waals surface area contributed by atoms with Gasteiger partial charge in [-0.1, -0.05) is 56.8 Å². The predicted molar refractivity (Wildman–Crippen MR) is 68.6 cm³/mol. The monoisotopic (exact) mass is 224 g/mol. The highest BCUT2D eigenvalue weighted by atomic mass is 35.5. The Morgan fingerprint density at radius 2 is 1.73 bits per heavy atom. The van der Waals surface area contributed by atoms with E-state index in [4.69, 9.17) is 11.6 Å². The quantitative estimate of drug-likeness (QED) is 0.598. The van der Waals surface area contributed by atoms with Crippen molar-refractivity contribution in [3.63, 3.8) is 0 Å². The van der Waals surface area contributed by atoms with Crippen molar-refractivity contribution in [1.29, 1.82) is 0 Å². The Morgan fingerprint density at radius 1 is 1.07 bits per heavy atom. The van der Waals surface area contributed by atoms with Crippen molar-refractivity contribution in [2.75, 3.05) is 0 Å². The molecule has 0 amide bonds. The zero-order chi connectivity index (χ0) is 11.1. The van der Waals surface area contributed by atoms with E-state index < -0.39 is 0 Å². The fourth-order valence-electron chi connectivity index (χ4n) is 2.20. The molecule has 0 bridgehead atoms. The summed E-state index contributed by atoms with van der Waals surface area (Å²) in [5.74, 6) is 0.771. The zero-order valence-corrected chi connectivity index (χ0v) is 10.6. The molecule has 0 radical (unpaired) electrons. The van der Waals surface area contributed by atoms with E-state index in [1.165, 1.54) is 37.7 Å². The highest BCUT2D eigenvalue weighted by Crippen LogP contribution is 2.33. The van der Waals surface area contributed by atoms with Crippen LogP contribution in [0.3, 0.4) is 0 Å². The maximum Gasteiger partial charge on any atom is 0.0408 e. The molecule has 1 aliphatic rings. The number of hydrogen-bond acceptors (Lipinski definition) is 0. The Hall–Kier alpha value is -0.490. The molecule has 0 N–H and O–H groups in total. The van der Waals surface area contributed by atoms with Crippen LogP contribution in [0.25, 0.3) is 0 Å². The summed E-state index contributed by atoms with van der Waals surface area (Å²) < 4.78 is 0. The van der Waals surface area contributed by atoms with E-state index in [2.05, 4.69) is 18.2 Å². The van der Waals surface area contributed by atoms with Gasteiger partial charge in [-0.15, -0.1) is 0 Å². The Morgan fingerprint density at radius 3 is 2.33 bits per heavy atom. The van der Waals surface area contributed by atoms with E-state index in [9.17, 15) is 0 Å². The molecule has 15 heavy (non-hydrogen) atoms. The minimum Gasteiger partial charge on any atom is -0.0843 e. The molecule has 0 atom stereocenters. The van der Waals surface area contributed by atoms with E-state index in [0.29, 0.717) is 0 Å². The van der Waals surface area contributed by atoms with Crippen LogP contribution >= 0.6 is 11.6 Å². The maximum atomic E-state index is 5.96. The topological polar surface area (TPSA) is 0 Å². The van der Waals surface area contributed by atoms with Crippen LogP contribution < -0.4 is 0 Å². The van der Waals surface area contributed by atoms with Gasteiger partial charge in [0.1, 0.15) is 0 Å². The first-order valence-corrected chi connectivity index (χ1v) is 6.49. The fourth-order valence-corrected chi connectivity index (χ4v) is 2.40. The van der Waals surface area contributed by atoms with Crippen molar-refractivity contribution in [2.24, 2.45) is 0 Å². The van der Waals surface area contributed by atoms with Crippen LogP contribution in [0.5, 0.6) is 0 Å². The van der Waals surface area contributed by atoms with Gasteiger partial charge in [-0.25, -0.2) is 0 Å². The lowest BCUT2D eigenvalue weighted by molar-refractivity contribution is 0.443. The summed E-state index contributed by atoms with van der Waals surface area (Å²) in [7, 11) is 0. The average molecular weight is 225 g/mol. The van der Waals surface area contributed by atoms with Crippen molar-refractivity contribution < 1.29 is 0 Å². The molecule has 0 nitrogen and oxygen atoms in total. The third kappa shape index (κ3) is 3.87. The molecule has 1 aromatic carbocycles. The molecular weight excluding hydrogens is 204 g/mol. The second kappa shape index (κ2) is 6.90. The molecule has 0 spiro atoms. The molecule has 0 aliphatic heterocycles. The lowest BCUT2D eigenvalue weighted by atomic mass is 9.84.